The Balaban J connectivity index is 4.13. The molecule has 0 nitrogen and oxygen atoms in total. The van der Waals surface area contributed by atoms with E-state index in [2.05, 4.69) is 55.4 Å². The van der Waals surface area contributed by atoms with Crippen molar-refractivity contribution in [1.29, 1.82) is 0 Å². The van der Waals surface area contributed by atoms with E-state index in [1.165, 1.54) is 38.5 Å². The van der Waals surface area contributed by atoms with Crippen LogP contribution in [0.5, 0.6) is 0 Å². The summed E-state index contributed by atoms with van der Waals surface area (Å²) in [6.07, 6.45) is 8.41. The zero-order chi connectivity index (χ0) is 15.7. The van der Waals surface area contributed by atoms with Gasteiger partial charge in [0.05, 0.1) is 0 Å². The Morgan fingerprint density at radius 2 is 1.20 bits per heavy atom. The number of hydrogen-bond donors (Lipinski definition) is 0. The maximum Gasteiger partial charge on any atom is -0.0386 e. The summed E-state index contributed by atoms with van der Waals surface area (Å²) in [5.74, 6) is 5.31. The predicted molar refractivity (Wildman–Crippen MR) is 94.0 cm³/mol. The summed E-state index contributed by atoms with van der Waals surface area (Å²) in [6.45, 7) is 19.3. The van der Waals surface area contributed by atoms with Crippen molar-refractivity contribution in [3.8, 4) is 0 Å². The lowest BCUT2D eigenvalue weighted by Crippen LogP contribution is -2.22. The molecule has 0 saturated carbocycles. The molecule has 0 N–H and O–H groups in total. The summed E-state index contributed by atoms with van der Waals surface area (Å²) >= 11 is 0. The molecule has 0 amide bonds. The second kappa shape index (κ2) is 10.7. The number of rotatable bonds is 11. The van der Waals surface area contributed by atoms with Crippen LogP contribution >= 0.6 is 0 Å². The van der Waals surface area contributed by atoms with Crippen LogP contribution in [0, 0.1) is 35.5 Å². The summed E-state index contributed by atoms with van der Waals surface area (Å²) in [6, 6.07) is 0. The van der Waals surface area contributed by atoms with Crippen LogP contribution in [0.15, 0.2) is 0 Å². The molecule has 0 aromatic rings. The first-order chi connectivity index (χ1) is 9.34. The van der Waals surface area contributed by atoms with Crippen molar-refractivity contribution in [2.45, 2.75) is 93.9 Å². The maximum absolute atomic E-state index is 2.49. The van der Waals surface area contributed by atoms with E-state index in [0.717, 1.165) is 35.5 Å². The lowest BCUT2D eigenvalue weighted by molar-refractivity contribution is 0.189. The van der Waals surface area contributed by atoms with Crippen molar-refractivity contribution in [3.63, 3.8) is 0 Å². The van der Waals surface area contributed by atoms with Gasteiger partial charge in [0.2, 0.25) is 0 Å². The highest BCUT2D eigenvalue weighted by Crippen LogP contribution is 2.33. The van der Waals surface area contributed by atoms with Gasteiger partial charge in [0, 0.05) is 0 Å². The van der Waals surface area contributed by atoms with Gasteiger partial charge in [-0.3, -0.25) is 0 Å². The maximum atomic E-state index is 2.49. The molecule has 0 heteroatoms. The predicted octanol–water partition coefficient (Wildman–Crippen LogP) is 7.18. The van der Waals surface area contributed by atoms with Crippen LogP contribution in [0.25, 0.3) is 0 Å². The van der Waals surface area contributed by atoms with Crippen LogP contribution in [0.4, 0.5) is 0 Å². The second-order valence-corrected chi connectivity index (χ2v) is 7.80. The van der Waals surface area contributed by atoms with Gasteiger partial charge in [0.15, 0.2) is 0 Å². The Morgan fingerprint density at radius 3 is 1.65 bits per heavy atom. The monoisotopic (exact) mass is 282 g/mol. The van der Waals surface area contributed by atoms with E-state index in [9.17, 15) is 0 Å². The highest BCUT2D eigenvalue weighted by Gasteiger charge is 2.23. The molecule has 0 aliphatic carbocycles. The molecule has 0 bridgehead atoms. The molecule has 5 unspecified atom stereocenters. The normalized spacial score (nSPS) is 19.6. The summed E-state index contributed by atoms with van der Waals surface area (Å²) in [5, 5.41) is 0. The standard InChI is InChI=1S/C20H42/c1-9-12-16(5)17(6)13-11-14-20(10-2)19(8)18(7)15(3)4/h15-20H,9-14H2,1-8H3. The average molecular weight is 283 g/mol. The Morgan fingerprint density at radius 1 is 0.650 bits per heavy atom. The fraction of sp³-hybridized carbons (Fsp3) is 1.00. The van der Waals surface area contributed by atoms with E-state index in [1.807, 2.05) is 0 Å². The van der Waals surface area contributed by atoms with Crippen molar-refractivity contribution in [1.82, 2.24) is 0 Å². The van der Waals surface area contributed by atoms with Crippen molar-refractivity contribution >= 4 is 0 Å². The van der Waals surface area contributed by atoms with Gasteiger partial charge >= 0.3 is 0 Å². The van der Waals surface area contributed by atoms with Gasteiger partial charge in [0.1, 0.15) is 0 Å². The Hall–Kier alpha value is 0. The summed E-state index contributed by atoms with van der Waals surface area (Å²) in [5.41, 5.74) is 0. The average Bonchev–Trinajstić information content (AvgIpc) is 2.41. The van der Waals surface area contributed by atoms with Gasteiger partial charge in [-0.15, -0.1) is 0 Å². The molecule has 0 aromatic carbocycles. The highest BCUT2D eigenvalue weighted by atomic mass is 14.3. The summed E-state index contributed by atoms with van der Waals surface area (Å²) in [7, 11) is 0. The molecule has 0 radical (unpaired) electrons. The smallest absolute Gasteiger partial charge is 0.0386 e. The van der Waals surface area contributed by atoms with Gasteiger partial charge in [-0.1, -0.05) is 93.9 Å². The number of hydrogen-bond acceptors (Lipinski definition) is 0. The molecule has 0 heterocycles. The molecule has 0 aliphatic rings. The van der Waals surface area contributed by atoms with E-state index < -0.39 is 0 Å². The lowest BCUT2D eigenvalue weighted by atomic mass is 9.75. The van der Waals surface area contributed by atoms with Gasteiger partial charge in [0.25, 0.3) is 0 Å². The summed E-state index contributed by atoms with van der Waals surface area (Å²) in [4.78, 5) is 0. The Labute approximate surface area is 130 Å². The fourth-order valence-corrected chi connectivity index (χ4v) is 3.60. The van der Waals surface area contributed by atoms with Gasteiger partial charge in [-0.05, 0) is 35.5 Å². The molecule has 0 saturated heterocycles. The topological polar surface area (TPSA) is 0 Å². The van der Waals surface area contributed by atoms with Crippen LogP contribution in [-0.2, 0) is 0 Å². The SMILES string of the molecule is CCCC(C)C(C)CCCC(CC)C(C)C(C)C(C)C. The van der Waals surface area contributed by atoms with Crippen LogP contribution in [0.2, 0.25) is 0 Å². The van der Waals surface area contributed by atoms with Crippen LogP contribution in [0.1, 0.15) is 93.9 Å². The molecule has 0 rings (SSSR count). The molecular formula is C20H42. The van der Waals surface area contributed by atoms with Gasteiger partial charge in [-0.2, -0.15) is 0 Å². The van der Waals surface area contributed by atoms with E-state index in [1.54, 1.807) is 0 Å². The molecule has 0 fully saturated rings. The minimum absolute atomic E-state index is 0.822. The third-order valence-corrected chi connectivity index (χ3v) is 6.10. The zero-order valence-electron chi connectivity index (χ0n) is 15.7. The van der Waals surface area contributed by atoms with Crippen molar-refractivity contribution < 1.29 is 0 Å². The molecule has 0 aliphatic heterocycles. The molecule has 0 spiro atoms. The quantitative estimate of drug-likeness (QED) is 0.376. The minimum Gasteiger partial charge on any atom is -0.0654 e. The first-order valence-electron chi connectivity index (χ1n) is 9.34. The first-order valence-corrected chi connectivity index (χ1v) is 9.34. The third-order valence-electron chi connectivity index (χ3n) is 6.10. The van der Waals surface area contributed by atoms with E-state index in [-0.39, 0.29) is 0 Å². The van der Waals surface area contributed by atoms with Gasteiger partial charge in [-0.25, -0.2) is 0 Å². The first kappa shape index (κ1) is 20.0. The van der Waals surface area contributed by atoms with Crippen LogP contribution in [0.3, 0.4) is 0 Å². The molecule has 0 aromatic heterocycles. The largest absolute Gasteiger partial charge is 0.0654 e. The minimum atomic E-state index is 0.822. The Kier molecular flexibility index (Phi) is 10.7. The second-order valence-electron chi connectivity index (χ2n) is 7.80. The Bertz CT molecular complexity index is 218. The third kappa shape index (κ3) is 7.14. The van der Waals surface area contributed by atoms with Crippen molar-refractivity contribution in [2.24, 2.45) is 35.5 Å². The van der Waals surface area contributed by atoms with E-state index >= 15 is 0 Å². The molecular weight excluding hydrogens is 240 g/mol. The van der Waals surface area contributed by atoms with Crippen molar-refractivity contribution in [2.75, 3.05) is 0 Å². The van der Waals surface area contributed by atoms with Crippen LogP contribution in [-0.4, -0.2) is 0 Å². The van der Waals surface area contributed by atoms with E-state index in [4.69, 9.17) is 0 Å². The van der Waals surface area contributed by atoms with Gasteiger partial charge < -0.3 is 0 Å². The highest BCUT2D eigenvalue weighted by molar-refractivity contribution is 4.73. The molecule has 20 heavy (non-hydrogen) atoms. The fourth-order valence-electron chi connectivity index (χ4n) is 3.60. The van der Waals surface area contributed by atoms with Crippen LogP contribution < -0.4 is 0 Å². The molecule has 122 valence electrons. The van der Waals surface area contributed by atoms with E-state index in [0.29, 0.717) is 0 Å². The summed E-state index contributed by atoms with van der Waals surface area (Å²) < 4.78 is 0. The lowest BCUT2D eigenvalue weighted by Gasteiger charge is -2.31. The molecule has 5 atom stereocenters. The zero-order valence-corrected chi connectivity index (χ0v) is 15.7. The van der Waals surface area contributed by atoms with Crippen molar-refractivity contribution in [3.05, 3.63) is 0 Å².